The normalized spacial score (nSPS) is 10.8. The van der Waals surface area contributed by atoms with Gasteiger partial charge in [0, 0.05) is 43.0 Å². The summed E-state index contributed by atoms with van der Waals surface area (Å²) >= 11 is 0. The minimum atomic E-state index is -2.06. The number of aliphatic imine (C=N–C) groups is 2. The Labute approximate surface area is 304 Å². The number of aryl methyl sites for hydroxylation is 1. The van der Waals surface area contributed by atoms with Gasteiger partial charge in [0.05, 0.1) is 19.3 Å². The third-order valence-corrected chi connectivity index (χ3v) is 11.8. The molecule has 0 atom stereocenters. The number of hydrogen-bond donors (Lipinski definition) is 2. The molecule has 0 saturated heterocycles. The number of halogens is 3. The zero-order valence-corrected chi connectivity index (χ0v) is 31.9. The molecule has 9 heteroatoms. The van der Waals surface area contributed by atoms with E-state index in [9.17, 15) is 10.2 Å². The molecule has 0 unspecified atom stereocenters. The molecule has 0 amide bonds. The van der Waals surface area contributed by atoms with Gasteiger partial charge in [0.15, 0.2) is 0 Å². The van der Waals surface area contributed by atoms with Crippen LogP contribution in [-0.2, 0) is 32.1 Å². The van der Waals surface area contributed by atoms with Crippen LogP contribution in [0.1, 0.15) is 29.2 Å². The molecule has 46 heavy (non-hydrogen) atoms. The van der Waals surface area contributed by atoms with Gasteiger partial charge in [-0.15, -0.1) is 12.4 Å². The molecule has 4 nitrogen and oxygen atoms in total. The molecule has 2 N–H and O–H groups in total. The first-order valence-electron chi connectivity index (χ1n) is 14.3. The maximum atomic E-state index is 10.7. The van der Waals surface area contributed by atoms with E-state index in [0.29, 0.717) is 24.2 Å². The van der Waals surface area contributed by atoms with Crippen LogP contribution in [0.2, 0.25) is 0 Å². The molecule has 0 aliphatic heterocycles. The monoisotopic (exact) mass is 741 g/mol. The molecule has 0 aromatic heterocycles. The van der Waals surface area contributed by atoms with Crippen molar-refractivity contribution < 1.29 is 54.5 Å². The third-order valence-electron chi connectivity index (χ3n) is 7.42. The molecule has 0 saturated carbocycles. The summed E-state index contributed by atoms with van der Waals surface area (Å²) in [5.74, 6) is 0.428. The molecule has 0 radical (unpaired) electrons. The van der Waals surface area contributed by atoms with E-state index >= 15 is 0 Å². The van der Waals surface area contributed by atoms with Crippen molar-refractivity contribution in [3.63, 3.8) is 0 Å². The SMILES string of the molecule is CCc1ccc(O)c(C=NCCN=Cc2cc(C[P+](c3ccccc3)(c3ccccc3)c3ccccc3)ccc2O)c1.Cl.[Cl-].[Cl-].[Zn]. The average Bonchev–Trinajstić information content (AvgIpc) is 3.05. The van der Waals surface area contributed by atoms with E-state index in [4.69, 9.17) is 0 Å². The van der Waals surface area contributed by atoms with Crippen LogP contribution in [0.5, 0.6) is 11.5 Å². The van der Waals surface area contributed by atoms with Crippen LogP contribution in [-0.4, -0.2) is 35.7 Å². The topological polar surface area (TPSA) is 65.2 Å². The van der Waals surface area contributed by atoms with Gasteiger partial charge in [0.2, 0.25) is 0 Å². The Morgan fingerprint density at radius 2 is 0.935 bits per heavy atom. The summed E-state index contributed by atoms with van der Waals surface area (Å²) in [7, 11) is -2.06. The zero-order chi connectivity index (χ0) is 29.2. The van der Waals surface area contributed by atoms with Crippen LogP contribution in [0.4, 0.5) is 0 Å². The first kappa shape index (κ1) is 41.0. The van der Waals surface area contributed by atoms with E-state index < -0.39 is 7.26 Å². The van der Waals surface area contributed by atoms with Crippen molar-refractivity contribution in [3.8, 4) is 11.5 Å². The summed E-state index contributed by atoms with van der Waals surface area (Å²) < 4.78 is 0. The molecular formula is C37H37Cl3N2O2PZn-. The molecule has 236 valence electrons. The molecule has 0 bridgehead atoms. The third kappa shape index (κ3) is 9.98. The predicted molar refractivity (Wildman–Crippen MR) is 187 cm³/mol. The van der Waals surface area contributed by atoms with Crippen molar-refractivity contribution in [3.05, 3.63) is 150 Å². The molecule has 0 heterocycles. The fourth-order valence-electron chi connectivity index (χ4n) is 5.22. The van der Waals surface area contributed by atoms with Crippen molar-refractivity contribution >= 4 is 48.0 Å². The maximum absolute atomic E-state index is 10.7. The summed E-state index contributed by atoms with van der Waals surface area (Å²) in [4.78, 5) is 8.99. The van der Waals surface area contributed by atoms with E-state index in [1.54, 1.807) is 24.6 Å². The van der Waals surface area contributed by atoms with Crippen LogP contribution in [0.3, 0.4) is 0 Å². The Kier molecular flexibility index (Phi) is 18.0. The summed E-state index contributed by atoms with van der Waals surface area (Å²) in [6.45, 7) is 3.04. The summed E-state index contributed by atoms with van der Waals surface area (Å²) in [6.07, 6.45) is 5.15. The van der Waals surface area contributed by atoms with Crippen LogP contribution in [0, 0.1) is 0 Å². The first-order chi connectivity index (χ1) is 20.6. The molecule has 0 aliphatic rings. The number of aromatic hydroxyl groups is 2. The van der Waals surface area contributed by atoms with Gasteiger partial charge < -0.3 is 35.0 Å². The number of phenols is 2. The molecule has 0 spiro atoms. The number of phenolic OH excluding ortho intramolecular Hbond substituents is 2. The number of nitrogens with zero attached hydrogens (tertiary/aromatic N) is 2. The van der Waals surface area contributed by atoms with E-state index in [2.05, 4.69) is 114 Å². The molecule has 5 rings (SSSR count). The molecule has 5 aromatic carbocycles. The zero-order valence-electron chi connectivity index (χ0n) is 25.7. The van der Waals surface area contributed by atoms with Crippen LogP contribution < -0.4 is 40.7 Å². The standard InChI is InChI=1S/C37H35N2O2P.3ClH.Zn/c1-2-29-18-20-36(40)31(24-29)26-38-22-23-39-27-32-25-30(19-21-37(32)41)28-42(33-12-6-3-7-13-33,34-14-8-4-9-15-34)35-16-10-5-11-17-35;;;;/h3-21,24-27H,2,22-23,28H2,1H3,(H-,38,39,40,41);3*1H;/p-1. The minimum absolute atomic E-state index is 0. The molecule has 0 fully saturated rings. The van der Waals surface area contributed by atoms with Gasteiger partial charge in [-0.25, -0.2) is 0 Å². The summed E-state index contributed by atoms with van der Waals surface area (Å²) in [5, 5.41) is 24.7. The predicted octanol–water partition coefficient (Wildman–Crippen LogP) is 1.12. The largest absolute Gasteiger partial charge is 1.00 e. The minimum Gasteiger partial charge on any atom is -1.00 e. The Bertz CT molecular complexity index is 1580. The van der Waals surface area contributed by atoms with Crippen molar-refractivity contribution in [1.29, 1.82) is 0 Å². The number of rotatable bonds is 11. The Hall–Kier alpha value is -3.04. The second-order valence-corrected chi connectivity index (χ2v) is 13.7. The van der Waals surface area contributed by atoms with Gasteiger partial charge in [-0.1, -0.05) is 73.7 Å². The van der Waals surface area contributed by atoms with Gasteiger partial charge in [0.25, 0.3) is 0 Å². The summed E-state index contributed by atoms with van der Waals surface area (Å²) in [6, 6.07) is 43.8. The Morgan fingerprint density at radius 3 is 1.33 bits per heavy atom. The van der Waals surface area contributed by atoms with E-state index in [1.807, 2.05) is 18.2 Å². The van der Waals surface area contributed by atoms with Gasteiger partial charge in [-0.05, 0) is 78.2 Å². The quantitative estimate of drug-likeness (QED) is 0.0923. The molecular weight excluding hydrogens is 707 g/mol. The summed E-state index contributed by atoms with van der Waals surface area (Å²) in [5.41, 5.74) is 3.70. The van der Waals surface area contributed by atoms with Crippen LogP contribution in [0.15, 0.2) is 137 Å². The second-order valence-electron chi connectivity index (χ2n) is 10.2. The maximum Gasteiger partial charge on any atom is 0.124 e. The number of hydrogen-bond acceptors (Lipinski definition) is 4. The van der Waals surface area contributed by atoms with Crippen molar-refractivity contribution in [2.24, 2.45) is 9.98 Å². The van der Waals surface area contributed by atoms with Crippen LogP contribution in [0.25, 0.3) is 0 Å². The Balaban J connectivity index is 0.00000264. The second kappa shape index (κ2) is 20.3. The van der Waals surface area contributed by atoms with Crippen molar-refractivity contribution in [1.82, 2.24) is 0 Å². The van der Waals surface area contributed by atoms with Crippen molar-refractivity contribution in [2.45, 2.75) is 19.5 Å². The van der Waals surface area contributed by atoms with Crippen molar-refractivity contribution in [2.75, 3.05) is 13.1 Å². The first-order valence-corrected chi connectivity index (χ1v) is 16.3. The molecule has 5 aromatic rings. The average molecular weight is 744 g/mol. The van der Waals surface area contributed by atoms with Gasteiger partial charge in [0.1, 0.15) is 34.7 Å². The number of benzene rings is 5. The van der Waals surface area contributed by atoms with E-state index in [0.717, 1.165) is 23.7 Å². The van der Waals surface area contributed by atoms with E-state index in [1.165, 1.54) is 15.9 Å². The van der Waals surface area contributed by atoms with Gasteiger partial charge in [-0.2, -0.15) is 0 Å². The molecule has 0 aliphatic carbocycles. The van der Waals surface area contributed by atoms with Crippen LogP contribution >= 0.6 is 19.7 Å². The Morgan fingerprint density at radius 1 is 0.565 bits per heavy atom. The van der Waals surface area contributed by atoms with E-state index in [-0.39, 0.29) is 68.2 Å². The fourth-order valence-corrected chi connectivity index (χ4v) is 9.45. The van der Waals surface area contributed by atoms with Gasteiger partial charge >= 0.3 is 0 Å². The smallest absolute Gasteiger partial charge is 0.124 e. The van der Waals surface area contributed by atoms with Gasteiger partial charge in [-0.3, -0.25) is 9.98 Å². The fraction of sp³-hybridized carbons (Fsp3) is 0.135.